The van der Waals surface area contributed by atoms with Crippen molar-refractivity contribution in [2.45, 2.75) is 20.0 Å². The van der Waals surface area contributed by atoms with E-state index >= 15 is 0 Å². The minimum atomic E-state index is -0.254. The summed E-state index contributed by atoms with van der Waals surface area (Å²) in [7, 11) is -0.254. The van der Waals surface area contributed by atoms with Crippen LogP contribution in [-0.4, -0.2) is 21.6 Å². The monoisotopic (exact) mass is 133 g/mol. The van der Waals surface area contributed by atoms with Crippen molar-refractivity contribution in [3.05, 3.63) is 0 Å². The van der Waals surface area contributed by atoms with E-state index in [4.69, 9.17) is 4.89 Å². The first-order chi connectivity index (χ1) is 3.77. The Morgan fingerprint density at radius 3 is 2.25 bits per heavy atom. The molecule has 0 aromatic rings. The Hall–Kier alpha value is 0.137. The van der Waals surface area contributed by atoms with Crippen molar-refractivity contribution in [2.24, 2.45) is 0 Å². The zero-order valence-corrected chi connectivity index (χ0v) is 6.73. The molecule has 0 aliphatic rings. The predicted molar refractivity (Wildman–Crippen MR) is 35.1 cm³/mol. The first-order valence-corrected chi connectivity index (χ1v) is 5.51. The molecule has 2 nitrogen and oxygen atoms in total. The highest BCUT2D eigenvalue weighted by molar-refractivity contribution is 6.55. The lowest BCUT2D eigenvalue weighted by molar-refractivity contribution is -0.277. The summed E-state index contributed by atoms with van der Waals surface area (Å²) >= 11 is 0. The average molecular weight is 133 g/mol. The van der Waals surface area contributed by atoms with E-state index in [1.54, 1.807) is 0 Å². The van der Waals surface area contributed by atoms with Gasteiger partial charge in [-0.1, -0.05) is 13.1 Å². The minimum Gasteiger partial charge on any atom is -0.241 e. The predicted octanol–water partition coefficient (Wildman–Crippen LogP) is 1.25. The Morgan fingerprint density at radius 2 is 1.88 bits per heavy atom. The topological polar surface area (TPSA) is 18.5 Å². The smallest absolute Gasteiger partial charge is 0.0794 e. The van der Waals surface area contributed by atoms with Crippen LogP contribution in [0.2, 0.25) is 13.1 Å². The van der Waals surface area contributed by atoms with Gasteiger partial charge in [-0.05, 0) is 6.92 Å². The first-order valence-electron chi connectivity index (χ1n) is 2.80. The molecule has 0 heterocycles. The number of rotatable bonds is 4. The Bertz CT molecular complexity index is 47.7. The van der Waals surface area contributed by atoms with Crippen molar-refractivity contribution >= 4 is 8.80 Å². The fraction of sp³-hybridized carbons (Fsp3) is 1.00. The van der Waals surface area contributed by atoms with Crippen LogP contribution in [0.4, 0.5) is 0 Å². The van der Waals surface area contributed by atoms with Crippen molar-refractivity contribution in [3.63, 3.8) is 0 Å². The van der Waals surface area contributed by atoms with Gasteiger partial charge in [0.05, 0.1) is 21.6 Å². The average Bonchev–Trinajstić information content (AvgIpc) is 1.66. The van der Waals surface area contributed by atoms with Crippen LogP contribution in [0.3, 0.4) is 0 Å². The van der Waals surface area contributed by atoms with Gasteiger partial charge in [-0.3, -0.25) is 0 Å². The fourth-order valence-electron chi connectivity index (χ4n) is 0.243. The van der Waals surface area contributed by atoms with Crippen molar-refractivity contribution in [1.82, 2.24) is 0 Å². The lowest BCUT2D eigenvalue weighted by Gasteiger charge is -2.01. The van der Waals surface area contributed by atoms with Gasteiger partial charge in [-0.25, -0.2) is 9.78 Å². The van der Waals surface area contributed by atoms with Crippen LogP contribution >= 0.6 is 0 Å². The zero-order chi connectivity index (χ0) is 6.41. The summed E-state index contributed by atoms with van der Waals surface area (Å²) in [5, 5.41) is 0. The maximum Gasteiger partial charge on any atom is 0.0794 e. The van der Waals surface area contributed by atoms with Gasteiger partial charge in [0.15, 0.2) is 0 Å². The van der Waals surface area contributed by atoms with Crippen molar-refractivity contribution in [2.75, 3.05) is 12.8 Å². The highest BCUT2D eigenvalue weighted by Gasteiger charge is 1.93. The van der Waals surface area contributed by atoms with E-state index in [1.165, 1.54) is 0 Å². The molecular formula is C5H13O2Si. The molecule has 0 amide bonds. The van der Waals surface area contributed by atoms with Gasteiger partial charge in [0, 0.05) is 0 Å². The standard InChI is InChI=1S/C5H13O2Si/c1-4-6-7-5-8(2)3/h4-5H2,1-3H3. The summed E-state index contributed by atoms with van der Waals surface area (Å²) in [6, 6.07) is 0. The SMILES string of the molecule is CCOOC[Si](C)C. The van der Waals surface area contributed by atoms with Gasteiger partial charge in [-0.15, -0.1) is 0 Å². The molecule has 0 aliphatic heterocycles. The van der Waals surface area contributed by atoms with Gasteiger partial charge in [0.25, 0.3) is 0 Å². The second-order valence-corrected chi connectivity index (χ2v) is 4.58. The first kappa shape index (κ1) is 8.14. The van der Waals surface area contributed by atoms with Crippen LogP contribution in [0.15, 0.2) is 0 Å². The molecule has 0 bridgehead atoms. The molecule has 0 atom stereocenters. The maximum atomic E-state index is 4.79. The third kappa shape index (κ3) is 6.14. The Kier molecular flexibility index (Phi) is 5.37. The molecule has 1 radical (unpaired) electrons. The molecule has 0 N–H and O–H groups in total. The summed E-state index contributed by atoms with van der Waals surface area (Å²) in [6.45, 7) is 6.93. The van der Waals surface area contributed by atoms with Crippen LogP contribution < -0.4 is 0 Å². The second-order valence-electron chi connectivity index (χ2n) is 1.88. The molecule has 49 valence electrons. The molecular weight excluding hydrogens is 120 g/mol. The summed E-state index contributed by atoms with van der Waals surface area (Å²) in [4.78, 5) is 9.46. The van der Waals surface area contributed by atoms with Crippen LogP contribution in [0.1, 0.15) is 6.92 Å². The Morgan fingerprint density at radius 1 is 1.25 bits per heavy atom. The van der Waals surface area contributed by atoms with Crippen molar-refractivity contribution < 1.29 is 9.78 Å². The third-order valence-corrected chi connectivity index (χ3v) is 1.24. The molecule has 0 aromatic heterocycles. The fourth-order valence-corrected chi connectivity index (χ4v) is 0.562. The molecule has 0 unspecified atom stereocenters. The van der Waals surface area contributed by atoms with E-state index in [0.717, 1.165) is 6.23 Å². The summed E-state index contributed by atoms with van der Waals surface area (Å²) < 4.78 is 0. The molecule has 3 heteroatoms. The van der Waals surface area contributed by atoms with Crippen LogP contribution in [0.25, 0.3) is 0 Å². The molecule has 0 saturated heterocycles. The summed E-state index contributed by atoms with van der Waals surface area (Å²) in [6.07, 6.45) is 0.790. The molecule has 0 saturated carbocycles. The van der Waals surface area contributed by atoms with Gasteiger partial charge >= 0.3 is 0 Å². The van der Waals surface area contributed by atoms with E-state index in [1.807, 2.05) is 6.92 Å². The molecule has 0 fully saturated rings. The zero-order valence-electron chi connectivity index (χ0n) is 5.73. The second kappa shape index (κ2) is 5.28. The van der Waals surface area contributed by atoms with E-state index in [-0.39, 0.29) is 8.80 Å². The van der Waals surface area contributed by atoms with Gasteiger partial charge < -0.3 is 0 Å². The molecule has 0 rings (SSSR count). The molecule has 0 aliphatic carbocycles. The summed E-state index contributed by atoms with van der Waals surface area (Å²) in [5.41, 5.74) is 0. The normalized spacial score (nSPS) is 10.5. The van der Waals surface area contributed by atoms with E-state index in [0.29, 0.717) is 6.61 Å². The molecule has 8 heavy (non-hydrogen) atoms. The largest absolute Gasteiger partial charge is 0.241 e. The minimum absolute atomic E-state index is 0.254. The molecule has 0 spiro atoms. The summed E-state index contributed by atoms with van der Waals surface area (Å²) in [5.74, 6) is 0. The lowest BCUT2D eigenvalue weighted by Crippen LogP contribution is -2.11. The van der Waals surface area contributed by atoms with Crippen molar-refractivity contribution in [1.29, 1.82) is 0 Å². The number of hydrogen-bond acceptors (Lipinski definition) is 2. The van der Waals surface area contributed by atoms with E-state index < -0.39 is 0 Å². The molecule has 0 aromatic carbocycles. The van der Waals surface area contributed by atoms with Crippen LogP contribution in [0, 0.1) is 0 Å². The number of hydrogen-bond donors (Lipinski definition) is 0. The van der Waals surface area contributed by atoms with Crippen LogP contribution in [-0.2, 0) is 9.78 Å². The maximum absolute atomic E-state index is 4.79. The van der Waals surface area contributed by atoms with Gasteiger partial charge in [0.2, 0.25) is 0 Å². The third-order valence-electron chi connectivity index (χ3n) is 0.549. The Labute approximate surface area is 52.3 Å². The quantitative estimate of drug-likeness (QED) is 0.249. The van der Waals surface area contributed by atoms with Crippen LogP contribution in [0.5, 0.6) is 0 Å². The van der Waals surface area contributed by atoms with Gasteiger partial charge in [-0.2, -0.15) is 0 Å². The van der Waals surface area contributed by atoms with Crippen molar-refractivity contribution in [3.8, 4) is 0 Å². The van der Waals surface area contributed by atoms with Gasteiger partial charge in [0.1, 0.15) is 0 Å². The van der Waals surface area contributed by atoms with E-state index in [2.05, 4.69) is 18.0 Å². The highest BCUT2D eigenvalue weighted by Crippen LogP contribution is 1.82. The Balaban J connectivity index is 2.72. The highest BCUT2D eigenvalue weighted by atomic mass is 28.3. The van der Waals surface area contributed by atoms with E-state index in [9.17, 15) is 0 Å². The lowest BCUT2D eigenvalue weighted by atomic mass is 10.9.